The maximum Gasteiger partial charge on any atom is 0.255 e. The van der Waals surface area contributed by atoms with Crippen molar-refractivity contribution in [1.29, 1.82) is 0 Å². The van der Waals surface area contributed by atoms with E-state index in [2.05, 4.69) is 10.3 Å². The van der Waals surface area contributed by atoms with E-state index in [1.807, 2.05) is 61.7 Å². The molecule has 0 bridgehead atoms. The molecule has 1 heterocycles. The number of benzene rings is 2. The van der Waals surface area contributed by atoms with Crippen LogP contribution in [0, 0.1) is 13.8 Å². The van der Waals surface area contributed by atoms with E-state index in [0.29, 0.717) is 10.7 Å². The van der Waals surface area contributed by atoms with Gasteiger partial charge in [-0.15, -0.1) is 11.3 Å². The molecule has 3 rings (SSSR count). The Morgan fingerprint density at radius 2 is 1.91 bits per heavy atom. The number of nitrogens with two attached hydrogens (primary N) is 1. The van der Waals surface area contributed by atoms with Crippen LogP contribution in [0.25, 0.3) is 11.3 Å². The SMILES string of the molecule is Cc1ccc(C(=O)Nc2ccccc2-c2csc(N)n2)cc1C. The van der Waals surface area contributed by atoms with Crippen molar-refractivity contribution in [2.24, 2.45) is 0 Å². The first-order valence-electron chi connectivity index (χ1n) is 7.23. The second-order valence-corrected chi connectivity index (χ2v) is 6.26. The topological polar surface area (TPSA) is 68.0 Å². The zero-order valence-electron chi connectivity index (χ0n) is 13.0. The zero-order valence-corrected chi connectivity index (χ0v) is 13.8. The van der Waals surface area contributed by atoms with Gasteiger partial charge in [0.15, 0.2) is 5.13 Å². The molecule has 0 saturated carbocycles. The molecule has 1 amide bonds. The van der Waals surface area contributed by atoms with Gasteiger partial charge in [-0.1, -0.05) is 24.3 Å². The van der Waals surface area contributed by atoms with Crippen LogP contribution in [-0.4, -0.2) is 10.9 Å². The number of rotatable bonds is 3. The average molecular weight is 323 g/mol. The lowest BCUT2D eigenvalue weighted by Crippen LogP contribution is -2.13. The summed E-state index contributed by atoms with van der Waals surface area (Å²) in [7, 11) is 0. The van der Waals surface area contributed by atoms with E-state index in [1.165, 1.54) is 16.9 Å². The monoisotopic (exact) mass is 323 g/mol. The van der Waals surface area contributed by atoms with Gasteiger partial charge in [0.25, 0.3) is 5.91 Å². The van der Waals surface area contributed by atoms with Crippen molar-refractivity contribution in [3.8, 4) is 11.3 Å². The van der Waals surface area contributed by atoms with E-state index < -0.39 is 0 Å². The Balaban J connectivity index is 1.91. The number of carbonyl (C=O) groups is 1. The number of anilines is 2. The van der Waals surface area contributed by atoms with Gasteiger partial charge in [-0.25, -0.2) is 4.98 Å². The first kappa shape index (κ1) is 15.2. The molecule has 0 saturated heterocycles. The normalized spacial score (nSPS) is 10.5. The summed E-state index contributed by atoms with van der Waals surface area (Å²) in [6.45, 7) is 4.02. The molecule has 0 radical (unpaired) electrons. The van der Waals surface area contributed by atoms with Gasteiger partial charge in [0.05, 0.1) is 11.4 Å². The molecule has 0 atom stereocenters. The van der Waals surface area contributed by atoms with Crippen molar-refractivity contribution in [3.05, 3.63) is 64.5 Å². The fraction of sp³-hybridized carbons (Fsp3) is 0.111. The van der Waals surface area contributed by atoms with Crippen molar-refractivity contribution in [3.63, 3.8) is 0 Å². The number of aromatic nitrogens is 1. The number of nitrogen functional groups attached to an aromatic ring is 1. The predicted molar refractivity (Wildman–Crippen MR) is 95.8 cm³/mol. The average Bonchev–Trinajstić information content (AvgIpc) is 2.97. The maximum absolute atomic E-state index is 12.5. The number of carbonyl (C=O) groups excluding carboxylic acids is 1. The Morgan fingerprint density at radius 1 is 1.13 bits per heavy atom. The summed E-state index contributed by atoms with van der Waals surface area (Å²) in [5.74, 6) is -0.135. The van der Waals surface area contributed by atoms with E-state index in [-0.39, 0.29) is 5.91 Å². The van der Waals surface area contributed by atoms with Crippen LogP contribution in [0.2, 0.25) is 0 Å². The van der Waals surface area contributed by atoms with Gasteiger partial charge in [-0.3, -0.25) is 4.79 Å². The summed E-state index contributed by atoms with van der Waals surface area (Å²) in [4.78, 5) is 16.8. The number of hydrogen-bond acceptors (Lipinski definition) is 4. The Hall–Kier alpha value is -2.66. The van der Waals surface area contributed by atoms with Gasteiger partial charge in [0.2, 0.25) is 0 Å². The first-order chi connectivity index (χ1) is 11.0. The Labute approximate surface area is 139 Å². The van der Waals surface area contributed by atoms with Crippen molar-refractivity contribution in [2.45, 2.75) is 13.8 Å². The van der Waals surface area contributed by atoms with Crippen LogP contribution in [-0.2, 0) is 0 Å². The standard InChI is InChI=1S/C18H17N3OS/c1-11-7-8-13(9-12(11)2)17(22)20-15-6-4-3-5-14(15)16-10-23-18(19)21-16/h3-10H,1-2H3,(H2,19,21)(H,20,22). The lowest BCUT2D eigenvalue weighted by Gasteiger charge is -2.10. The summed E-state index contributed by atoms with van der Waals surface area (Å²) in [5.41, 5.74) is 11.0. The predicted octanol–water partition coefficient (Wildman–Crippen LogP) is 4.26. The molecule has 0 aliphatic carbocycles. The summed E-state index contributed by atoms with van der Waals surface area (Å²) in [6, 6.07) is 13.3. The minimum Gasteiger partial charge on any atom is -0.375 e. The minimum atomic E-state index is -0.135. The Morgan fingerprint density at radius 3 is 2.61 bits per heavy atom. The van der Waals surface area contributed by atoms with Gasteiger partial charge in [0, 0.05) is 16.5 Å². The molecule has 23 heavy (non-hydrogen) atoms. The molecule has 0 unspecified atom stereocenters. The number of nitrogens with one attached hydrogen (secondary N) is 1. The number of thiazole rings is 1. The highest BCUT2D eigenvalue weighted by atomic mass is 32.1. The third kappa shape index (κ3) is 3.24. The van der Waals surface area contributed by atoms with Crippen LogP contribution >= 0.6 is 11.3 Å². The van der Waals surface area contributed by atoms with Crippen molar-refractivity contribution in [2.75, 3.05) is 11.1 Å². The molecule has 0 fully saturated rings. The van der Waals surface area contributed by atoms with Crippen LogP contribution in [0.15, 0.2) is 47.8 Å². The van der Waals surface area contributed by atoms with Crippen LogP contribution in [0.1, 0.15) is 21.5 Å². The highest BCUT2D eigenvalue weighted by Crippen LogP contribution is 2.30. The van der Waals surface area contributed by atoms with E-state index in [1.54, 1.807) is 0 Å². The summed E-state index contributed by atoms with van der Waals surface area (Å²) in [5, 5.41) is 5.36. The van der Waals surface area contributed by atoms with E-state index in [4.69, 9.17) is 5.73 Å². The molecule has 0 spiro atoms. The molecule has 2 aromatic carbocycles. The van der Waals surface area contributed by atoms with Gasteiger partial charge >= 0.3 is 0 Å². The van der Waals surface area contributed by atoms with Crippen molar-refractivity contribution < 1.29 is 4.79 Å². The quantitative estimate of drug-likeness (QED) is 0.756. The number of amides is 1. The van der Waals surface area contributed by atoms with E-state index >= 15 is 0 Å². The molecular formula is C18H17N3OS. The molecule has 3 aromatic rings. The first-order valence-corrected chi connectivity index (χ1v) is 8.11. The van der Waals surface area contributed by atoms with Crippen LogP contribution in [0.5, 0.6) is 0 Å². The lowest BCUT2D eigenvalue weighted by atomic mass is 10.1. The number of hydrogen-bond donors (Lipinski definition) is 2. The number of aryl methyl sites for hydroxylation is 2. The summed E-state index contributed by atoms with van der Waals surface area (Å²) in [6.07, 6.45) is 0. The third-order valence-electron chi connectivity index (χ3n) is 3.74. The fourth-order valence-electron chi connectivity index (χ4n) is 2.30. The Bertz CT molecular complexity index is 870. The molecule has 3 N–H and O–H groups in total. The van der Waals surface area contributed by atoms with Crippen LogP contribution in [0.3, 0.4) is 0 Å². The molecule has 5 heteroatoms. The fourth-order valence-corrected chi connectivity index (χ4v) is 2.87. The van der Waals surface area contributed by atoms with Crippen LogP contribution < -0.4 is 11.1 Å². The van der Waals surface area contributed by atoms with E-state index in [0.717, 1.165) is 22.5 Å². The molecule has 0 aliphatic heterocycles. The zero-order chi connectivity index (χ0) is 16.4. The lowest BCUT2D eigenvalue weighted by molar-refractivity contribution is 0.102. The van der Waals surface area contributed by atoms with Gasteiger partial charge in [0.1, 0.15) is 0 Å². The molecule has 116 valence electrons. The molecule has 1 aromatic heterocycles. The molecule has 0 aliphatic rings. The van der Waals surface area contributed by atoms with Crippen molar-refractivity contribution >= 4 is 28.1 Å². The second-order valence-electron chi connectivity index (χ2n) is 5.37. The number of nitrogens with zero attached hydrogens (tertiary/aromatic N) is 1. The third-order valence-corrected chi connectivity index (χ3v) is 4.42. The number of para-hydroxylation sites is 1. The maximum atomic E-state index is 12.5. The molecule has 4 nitrogen and oxygen atoms in total. The Kier molecular flexibility index (Phi) is 4.12. The highest BCUT2D eigenvalue weighted by Gasteiger charge is 2.12. The van der Waals surface area contributed by atoms with Gasteiger partial charge in [-0.05, 0) is 43.2 Å². The van der Waals surface area contributed by atoms with Gasteiger partial charge in [-0.2, -0.15) is 0 Å². The summed E-state index contributed by atoms with van der Waals surface area (Å²) >= 11 is 1.38. The van der Waals surface area contributed by atoms with E-state index in [9.17, 15) is 4.79 Å². The second kappa shape index (κ2) is 6.22. The largest absolute Gasteiger partial charge is 0.375 e. The van der Waals surface area contributed by atoms with Crippen molar-refractivity contribution in [1.82, 2.24) is 4.98 Å². The molecular weight excluding hydrogens is 306 g/mol. The highest BCUT2D eigenvalue weighted by molar-refractivity contribution is 7.13. The summed E-state index contributed by atoms with van der Waals surface area (Å²) < 4.78 is 0. The van der Waals surface area contributed by atoms with Gasteiger partial charge < -0.3 is 11.1 Å². The van der Waals surface area contributed by atoms with Crippen LogP contribution in [0.4, 0.5) is 10.8 Å². The smallest absolute Gasteiger partial charge is 0.255 e. The minimum absolute atomic E-state index is 0.135.